The number of aromatic nitrogens is 4. The fraction of sp³-hybridized carbons (Fsp3) is 0.250. The van der Waals surface area contributed by atoms with Gasteiger partial charge in [0.25, 0.3) is 17.9 Å². The first-order valence-corrected chi connectivity index (χ1v) is 9.55. The zero-order chi connectivity index (χ0) is 23.5. The molecule has 0 spiro atoms. The molecule has 2 unspecified atom stereocenters. The summed E-state index contributed by atoms with van der Waals surface area (Å²) in [5.74, 6) is -1.24. The van der Waals surface area contributed by atoms with Crippen LogP contribution in [-0.4, -0.2) is 55.5 Å². The van der Waals surface area contributed by atoms with Crippen molar-refractivity contribution in [2.24, 2.45) is 0 Å². The molecule has 3 rings (SSSR count). The Labute approximate surface area is 184 Å². The number of carbonyl (C=O) groups excluding carboxylic acids is 1. The number of halogens is 4. The van der Waals surface area contributed by atoms with Crippen LogP contribution in [0.25, 0.3) is 16.9 Å². The third-order valence-electron chi connectivity index (χ3n) is 4.57. The lowest BCUT2D eigenvalue weighted by Gasteiger charge is -2.30. The van der Waals surface area contributed by atoms with Crippen LogP contribution in [0, 0.1) is 0 Å². The van der Waals surface area contributed by atoms with Gasteiger partial charge in [-0.3, -0.25) is 9.59 Å². The molecule has 168 valence electrons. The molecule has 0 saturated heterocycles. The fourth-order valence-corrected chi connectivity index (χ4v) is 2.91. The van der Waals surface area contributed by atoms with Crippen LogP contribution in [0.3, 0.4) is 0 Å². The lowest BCUT2D eigenvalue weighted by Crippen LogP contribution is -2.57. The van der Waals surface area contributed by atoms with E-state index in [2.05, 4.69) is 15.1 Å². The number of alkyl halides is 3. The van der Waals surface area contributed by atoms with Crippen molar-refractivity contribution >= 4 is 17.5 Å². The summed E-state index contributed by atoms with van der Waals surface area (Å²) in [4.78, 5) is 33.4. The Morgan fingerprint density at radius 2 is 1.88 bits per heavy atom. The summed E-state index contributed by atoms with van der Waals surface area (Å²) in [7, 11) is 0. The number of nitrogens with one attached hydrogen (secondary N) is 1. The number of carbonyl (C=O) groups is 1. The molecular weight excluding hydrogens is 451 g/mol. The monoisotopic (exact) mass is 467 g/mol. The van der Waals surface area contributed by atoms with Crippen LogP contribution in [0.5, 0.6) is 0 Å². The molecule has 0 radical (unpaired) electrons. The van der Waals surface area contributed by atoms with E-state index in [-0.39, 0.29) is 11.4 Å². The van der Waals surface area contributed by atoms with Crippen LogP contribution in [-0.2, 0) is 0 Å². The summed E-state index contributed by atoms with van der Waals surface area (Å²) in [6.07, 6.45) is 0.458. The van der Waals surface area contributed by atoms with E-state index in [0.29, 0.717) is 10.6 Å². The SMILES string of the molecule is CC(O)(CF)C(NC(=O)c1cc(-c2ccc(Cl)cc2)nn(-c2cncnc2)c1=O)C(F)F. The third-order valence-corrected chi connectivity index (χ3v) is 4.82. The summed E-state index contributed by atoms with van der Waals surface area (Å²) in [5.41, 5.74) is -3.35. The van der Waals surface area contributed by atoms with E-state index in [1.165, 1.54) is 18.7 Å². The number of benzene rings is 1. The Balaban J connectivity index is 2.14. The van der Waals surface area contributed by atoms with Gasteiger partial charge in [-0.05, 0) is 25.1 Å². The second-order valence-corrected chi connectivity index (χ2v) is 7.48. The van der Waals surface area contributed by atoms with Crippen LogP contribution in [0.2, 0.25) is 5.02 Å². The lowest BCUT2D eigenvalue weighted by atomic mass is 9.98. The highest BCUT2D eigenvalue weighted by Gasteiger charge is 2.40. The minimum absolute atomic E-state index is 0.114. The van der Waals surface area contributed by atoms with Gasteiger partial charge in [-0.2, -0.15) is 9.78 Å². The molecule has 0 aliphatic carbocycles. The maximum atomic E-state index is 13.4. The number of amides is 1. The van der Waals surface area contributed by atoms with E-state index in [0.717, 1.165) is 17.7 Å². The van der Waals surface area contributed by atoms with Crippen molar-refractivity contribution in [2.75, 3.05) is 6.67 Å². The molecule has 0 aliphatic rings. The summed E-state index contributed by atoms with van der Waals surface area (Å²) in [6.45, 7) is -0.727. The molecule has 2 N–H and O–H groups in total. The first-order chi connectivity index (χ1) is 15.1. The van der Waals surface area contributed by atoms with Gasteiger partial charge in [0.15, 0.2) is 0 Å². The molecule has 0 aliphatic heterocycles. The Kier molecular flexibility index (Phi) is 6.90. The Morgan fingerprint density at radius 1 is 1.25 bits per heavy atom. The number of aliphatic hydroxyl groups is 1. The average Bonchev–Trinajstić information content (AvgIpc) is 2.78. The zero-order valence-electron chi connectivity index (χ0n) is 16.5. The van der Waals surface area contributed by atoms with Crippen LogP contribution in [0.4, 0.5) is 13.2 Å². The van der Waals surface area contributed by atoms with E-state index in [1.54, 1.807) is 24.3 Å². The van der Waals surface area contributed by atoms with Gasteiger partial charge in [-0.1, -0.05) is 23.7 Å². The molecule has 2 heterocycles. The predicted octanol–water partition coefficient (Wildman–Crippen LogP) is 2.43. The normalized spacial score (nSPS) is 14.1. The van der Waals surface area contributed by atoms with Crippen LogP contribution < -0.4 is 10.9 Å². The highest BCUT2D eigenvalue weighted by Crippen LogP contribution is 2.21. The van der Waals surface area contributed by atoms with Gasteiger partial charge in [0.1, 0.15) is 35.9 Å². The fourth-order valence-electron chi connectivity index (χ4n) is 2.79. The van der Waals surface area contributed by atoms with Crippen molar-refractivity contribution < 1.29 is 23.1 Å². The van der Waals surface area contributed by atoms with Gasteiger partial charge in [0.2, 0.25) is 0 Å². The van der Waals surface area contributed by atoms with Gasteiger partial charge >= 0.3 is 0 Å². The smallest absolute Gasteiger partial charge is 0.284 e. The highest BCUT2D eigenvalue weighted by atomic mass is 35.5. The number of hydrogen-bond donors (Lipinski definition) is 2. The highest BCUT2D eigenvalue weighted by molar-refractivity contribution is 6.30. The lowest BCUT2D eigenvalue weighted by molar-refractivity contribution is -0.0567. The van der Waals surface area contributed by atoms with Gasteiger partial charge < -0.3 is 10.4 Å². The van der Waals surface area contributed by atoms with Gasteiger partial charge in [-0.15, -0.1) is 0 Å². The molecule has 1 amide bonds. The number of rotatable bonds is 7. The van der Waals surface area contributed by atoms with Gasteiger partial charge in [0, 0.05) is 10.6 Å². The quantitative estimate of drug-likeness (QED) is 0.552. The summed E-state index contributed by atoms with van der Waals surface area (Å²) < 4.78 is 40.8. The minimum atomic E-state index is -3.30. The van der Waals surface area contributed by atoms with Crippen molar-refractivity contribution in [3.8, 4) is 16.9 Å². The molecule has 32 heavy (non-hydrogen) atoms. The molecule has 12 heteroatoms. The van der Waals surface area contributed by atoms with Crippen molar-refractivity contribution in [2.45, 2.75) is 25.0 Å². The van der Waals surface area contributed by atoms with Crippen LogP contribution in [0.15, 0.2) is 53.8 Å². The van der Waals surface area contributed by atoms with Crippen molar-refractivity contribution in [3.63, 3.8) is 0 Å². The topological polar surface area (TPSA) is 110 Å². The molecule has 0 fully saturated rings. The molecule has 8 nitrogen and oxygen atoms in total. The van der Waals surface area contributed by atoms with Gasteiger partial charge in [0.05, 0.1) is 18.1 Å². The molecule has 0 bridgehead atoms. The zero-order valence-corrected chi connectivity index (χ0v) is 17.3. The van der Waals surface area contributed by atoms with Crippen LogP contribution in [0.1, 0.15) is 17.3 Å². The summed E-state index contributed by atoms with van der Waals surface area (Å²) in [5, 5.41) is 16.4. The van der Waals surface area contributed by atoms with E-state index in [1.807, 2.05) is 5.32 Å². The molecule has 0 saturated carbocycles. The van der Waals surface area contributed by atoms with E-state index in [9.17, 15) is 27.9 Å². The molecule has 3 aromatic rings. The maximum absolute atomic E-state index is 13.4. The first-order valence-electron chi connectivity index (χ1n) is 9.17. The second kappa shape index (κ2) is 9.45. The predicted molar refractivity (Wildman–Crippen MR) is 110 cm³/mol. The summed E-state index contributed by atoms with van der Waals surface area (Å²) in [6, 6.07) is 5.13. The summed E-state index contributed by atoms with van der Waals surface area (Å²) >= 11 is 5.90. The van der Waals surface area contributed by atoms with E-state index >= 15 is 0 Å². The second-order valence-electron chi connectivity index (χ2n) is 7.04. The molecule has 2 atom stereocenters. The largest absolute Gasteiger partial charge is 0.385 e. The maximum Gasteiger partial charge on any atom is 0.284 e. The average molecular weight is 468 g/mol. The first kappa shape index (κ1) is 23.4. The number of hydrogen-bond acceptors (Lipinski definition) is 6. The van der Waals surface area contributed by atoms with Gasteiger partial charge in [-0.25, -0.2) is 23.1 Å². The van der Waals surface area contributed by atoms with Crippen molar-refractivity contribution in [1.82, 2.24) is 25.1 Å². The van der Waals surface area contributed by atoms with E-state index < -0.39 is 41.8 Å². The Morgan fingerprint density at radius 3 is 2.44 bits per heavy atom. The van der Waals surface area contributed by atoms with E-state index in [4.69, 9.17) is 11.6 Å². The number of nitrogens with zero attached hydrogens (tertiary/aromatic N) is 4. The minimum Gasteiger partial charge on any atom is -0.385 e. The third kappa shape index (κ3) is 4.94. The Hall–Kier alpha value is -3.31. The standard InChI is InChI=1S/C20H17ClF3N5O3/c1-20(32,9-22)16(17(23)24)27-18(30)14-6-15(11-2-4-12(21)5-3-11)28-29(19(14)31)13-7-25-10-26-8-13/h2-8,10,16-17,32H,9H2,1H3,(H,27,30). The van der Waals surface area contributed by atoms with Crippen LogP contribution >= 0.6 is 11.6 Å². The molecular formula is C20H17ClF3N5O3. The Bertz CT molecular complexity index is 1160. The van der Waals surface area contributed by atoms with Crippen molar-refractivity contribution in [3.05, 3.63) is 70.0 Å². The molecule has 2 aromatic heterocycles. The van der Waals surface area contributed by atoms with Crippen molar-refractivity contribution in [1.29, 1.82) is 0 Å². The molecule has 1 aromatic carbocycles.